The van der Waals surface area contributed by atoms with E-state index in [1.165, 1.54) is 6.42 Å². The molecule has 0 saturated heterocycles. The summed E-state index contributed by atoms with van der Waals surface area (Å²) in [5.41, 5.74) is 0.634. The van der Waals surface area contributed by atoms with Crippen LogP contribution < -0.4 is 0 Å². The van der Waals surface area contributed by atoms with Crippen molar-refractivity contribution in [1.82, 2.24) is 0 Å². The lowest BCUT2D eigenvalue weighted by Gasteiger charge is -2.57. The van der Waals surface area contributed by atoms with Crippen LogP contribution in [0.25, 0.3) is 0 Å². The predicted molar refractivity (Wildman–Crippen MR) is 52.9 cm³/mol. The lowest BCUT2D eigenvalue weighted by Crippen LogP contribution is -2.52. The Balaban J connectivity index is 2.07. The molecule has 0 aromatic heterocycles. The highest BCUT2D eigenvalue weighted by Crippen LogP contribution is 2.64. The highest BCUT2D eigenvalue weighted by atomic mass is 14.6. The monoisotopic (exact) mass is 166 g/mol. The molecule has 2 aliphatic rings. The van der Waals surface area contributed by atoms with E-state index in [0.29, 0.717) is 5.41 Å². The van der Waals surface area contributed by atoms with Crippen molar-refractivity contribution in [2.75, 3.05) is 0 Å². The first-order valence-corrected chi connectivity index (χ1v) is 5.46. The molecule has 0 aliphatic heterocycles. The summed E-state index contributed by atoms with van der Waals surface area (Å²) in [6.07, 6.45) is 1.51. The van der Waals surface area contributed by atoms with Crippen LogP contribution in [0.15, 0.2) is 0 Å². The molecule has 0 aromatic rings. The van der Waals surface area contributed by atoms with Crippen molar-refractivity contribution in [3.8, 4) is 0 Å². The summed E-state index contributed by atoms with van der Waals surface area (Å²) in [5, 5.41) is 0. The summed E-state index contributed by atoms with van der Waals surface area (Å²) in [5.74, 6) is 5.06. The van der Waals surface area contributed by atoms with E-state index >= 15 is 0 Å². The minimum atomic E-state index is 0.634. The standard InChI is InChI=1S/C12H22/c1-7-6-10(7)11-8(2)9(3)12(11,4)5/h7-11H,6H2,1-5H3. The molecule has 5 atom stereocenters. The second-order valence-electron chi connectivity index (χ2n) is 5.87. The molecule has 0 amide bonds. The molecular formula is C12H22. The van der Waals surface area contributed by atoms with Crippen LogP contribution in [0.4, 0.5) is 0 Å². The first-order chi connectivity index (χ1) is 5.46. The molecule has 2 rings (SSSR count). The van der Waals surface area contributed by atoms with Crippen LogP contribution >= 0.6 is 0 Å². The van der Waals surface area contributed by atoms with E-state index in [0.717, 1.165) is 29.6 Å². The first kappa shape index (κ1) is 8.59. The van der Waals surface area contributed by atoms with Crippen LogP contribution in [0.5, 0.6) is 0 Å². The topological polar surface area (TPSA) is 0 Å². The van der Waals surface area contributed by atoms with Crippen molar-refractivity contribution >= 4 is 0 Å². The maximum Gasteiger partial charge on any atom is -0.0292 e. The van der Waals surface area contributed by atoms with Crippen LogP contribution in [0.1, 0.15) is 41.0 Å². The van der Waals surface area contributed by atoms with Gasteiger partial charge in [-0.2, -0.15) is 0 Å². The molecule has 5 unspecified atom stereocenters. The summed E-state index contributed by atoms with van der Waals surface area (Å²) >= 11 is 0. The van der Waals surface area contributed by atoms with Crippen LogP contribution in [-0.4, -0.2) is 0 Å². The first-order valence-electron chi connectivity index (χ1n) is 5.46. The SMILES string of the molecule is CC1CC1C1C(C)C(C)C1(C)C. The minimum absolute atomic E-state index is 0.634. The molecule has 0 nitrogen and oxygen atoms in total. The smallest absolute Gasteiger partial charge is 0.0292 e. The molecule has 70 valence electrons. The normalized spacial score (nSPS) is 56.2. The lowest BCUT2D eigenvalue weighted by molar-refractivity contribution is -0.0922. The third kappa shape index (κ3) is 0.900. The molecule has 0 bridgehead atoms. The van der Waals surface area contributed by atoms with E-state index in [1.54, 1.807) is 0 Å². The Hall–Kier alpha value is 0. The van der Waals surface area contributed by atoms with Gasteiger partial charge in [0, 0.05) is 0 Å². The van der Waals surface area contributed by atoms with Gasteiger partial charge in [0.05, 0.1) is 0 Å². The van der Waals surface area contributed by atoms with E-state index in [9.17, 15) is 0 Å². The Morgan fingerprint density at radius 2 is 1.58 bits per heavy atom. The molecule has 2 saturated carbocycles. The Bertz CT molecular complexity index is 190. The van der Waals surface area contributed by atoms with E-state index in [2.05, 4.69) is 34.6 Å². The molecule has 12 heavy (non-hydrogen) atoms. The molecule has 0 spiro atoms. The van der Waals surface area contributed by atoms with Gasteiger partial charge >= 0.3 is 0 Å². The van der Waals surface area contributed by atoms with Gasteiger partial charge in [0.2, 0.25) is 0 Å². The lowest BCUT2D eigenvalue weighted by atomic mass is 9.48. The van der Waals surface area contributed by atoms with Gasteiger partial charge in [-0.15, -0.1) is 0 Å². The zero-order valence-corrected chi connectivity index (χ0v) is 9.09. The molecule has 2 fully saturated rings. The summed E-state index contributed by atoms with van der Waals surface area (Å²) in [6.45, 7) is 12.2. The van der Waals surface area contributed by atoms with Gasteiger partial charge < -0.3 is 0 Å². The van der Waals surface area contributed by atoms with E-state index in [1.807, 2.05) is 0 Å². The van der Waals surface area contributed by atoms with Gasteiger partial charge in [0.15, 0.2) is 0 Å². The van der Waals surface area contributed by atoms with Crippen LogP contribution in [0.3, 0.4) is 0 Å². The van der Waals surface area contributed by atoms with Gasteiger partial charge in [-0.1, -0.05) is 34.6 Å². The Labute approximate surface area is 76.7 Å². The molecule has 0 radical (unpaired) electrons. The quantitative estimate of drug-likeness (QED) is 0.558. The molecule has 0 heterocycles. The van der Waals surface area contributed by atoms with Gasteiger partial charge in [-0.25, -0.2) is 0 Å². The van der Waals surface area contributed by atoms with Crippen molar-refractivity contribution < 1.29 is 0 Å². The largest absolute Gasteiger partial charge is 0.0622 e. The van der Waals surface area contributed by atoms with Crippen molar-refractivity contribution in [2.45, 2.75) is 41.0 Å². The van der Waals surface area contributed by atoms with E-state index in [4.69, 9.17) is 0 Å². The molecule has 2 aliphatic carbocycles. The van der Waals surface area contributed by atoms with Gasteiger partial charge in [-0.3, -0.25) is 0 Å². The summed E-state index contributed by atoms with van der Waals surface area (Å²) in [4.78, 5) is 0. The highest BCUT2D eigenvalue weighted by molar-refractivity contribution is 5.06. The molecule has 0 aromatic carbocycles. The van der Waals surface area contributed by atoms with Crippen LogP contribution in [-0.2, 0) is 0 Å². The molecular weight excluding hydrogens is 144 g/mol. The van der Waals surface area contributed by atoms with Gasteiger partial charge in [0.1, 0.15) is 0 Å². The number of hydrogen-bond donors (Lipinski definition) is 0. The summed E-state index contributed by atoms with van der Waals surface area (Å²) in [7, 11) is 0. The average molecular weight is 166 g/mol. The summed E-state index contributed by atoms with van der Waals surface area (Å²) < 4.78 is 0. The van der Waals surface area contributed by atoms with Crippen molar-refractivity contribution in [3.05, 3.63) is 0 Å². The van der Waals surface area contributed by atoms with Crippen LogP contribution in [0, 0.1) is 35.0 Å². The second kappa shape index (κ2) is 2.27. The Morgan fingerprint density at radius 3 is 1.92 bits per heavy atom. The Kier molecular flexibility index (Phi) is 1.63. The number of hydrogen-bond acceptors (Lipinski definition) is 0. The van der Waals surface area contributed by atoms with E-state index in [-0.39, 0.29) is 0 Å². The van der Waals surface area contributed by atoms with Crippen LogP contribution in [0.2, 0.25) is 0 Å². The van der Waals surface area contributed by atoms with E-state index < -0.39 is 0 Å². The summed E-state index contributed by atoms with van der Waals surface area (Å²) in [6, 6.07) is 0. The average Bonchev–Trinajstić information content (AvgIpc) is 2.66. The fourth-order valence-corrected chi connectivity index (χ4v) is 3.64. The maximum atomic E-state index is 2.47. The van der Waals surface area contributed by atoms with Crippen molar-refractivity contribution in [3.63, 3.8) is 0 Å². The third-order valence-corrected chi connectivity index (χ3v) is 5.02. The Morgan fingerprint density at radius 1 is 1.08 bits per heavy atom. The van der Waals surface area contributed by atoms with Gasteiger partial charge in [-0.05, 0) is 41.4 Å². The minimum Gasteiger partial charge on any atom is -0.0622 e. The zero-order chi connectivity index (χ0) is 9.09. The third-order valence-electron chi connectivity index (χ3n) is 5.02. The zero-order valence-electron chi connectivity index (χ0n) is 9.09. The van der Waals surface area contributed by atoms with Crippen molar-refractivity contribution in [1.29, 1.82) is 0 Å². The van der Waals surface area contributed by atoms with Gasteiger partial charge in [0.25, 0.3) is 0 Å². The molecule has 0 heteroatoms. The predicted octanol–water partition coefficient (Wildman–Crippen LogP) is 3.57. The van der Waals surface area contributed by atoms with Crippen molar-refractivity contribution in [2.24, 2.45) is 35.0 Å². The second-order valence-corrected chi connectivity index (χ2v) is 5.87. The molecule has 0 N–H and O–H groups in total. The maximum absolute atomic E-state index is 2.47. The number of rotatable bonds is 1. The highest BCUT2D eigenvalue weighted by Gasteiger charge is 2.58. The fourth-order valence-electron chi connectivity index (χ4n) is 3.64. The fraction of sp³-hybridized carbons (Fsp3) is 1.00.